The third-order valence-corrected chi connectivity index (χ3v) is 4.97. The van der Waals surface area contributed by atoms with Crippen LogP contribution in [-0.4, -0.2) is 18.9 Å². The van der Waals surface area contributed by atoms with Gasteiger partial charge in [0, 0.05) is 11.6 Å². The molecule has 0 spiro atoms. The maximum absolute atomic E-state index is 12.2. The minimum atomic E-state index is -3.77. The summed E-state index contributed by atoms with van der Waals surface area (Å²) >= 11 is 0. The van der Waals surface area contributed by atoms with Crippen LogP contribution in [0.1, 0.15) is 25.3 Å². The molecule has 104 valence electrons. The highest BCUT2D eigenvalue weighted by Gasteiger charge is 2.41. The molecule has 0 aliphatic heterocycles. The van der Waals surface area contributed by atoms with Crippen LogP contribution in [0.3, 0.4) is 0 Å². The van der Waals surface area contributed by atoms with E-state index in [-0.39, 0.29) is 10.6 Å². The Kier molecular flexibility index (Phi) is 3.02. The molecule has 1 aliphatic carbocycles. The number of rotatable bonds is 4. The van der Waals surface area contributed by atoms with Crippen molar-refractivity contribution in [2.45, 2.75) is 37.1 Å². The van der Waals surface area contributed by atoms with Gasteiger partial charge in [-0.15, -0.1) is 0 Å². The predicted molar refractivity (Wildman–Crippen MR) is 70.2 cm³/mol. The molecule has 19 heavy (non-hydrogen) atoms. The number of anilines is 1. The van der Waals surface area contributed by atoms with Crippen molar-refractivity contribution >= 4 is 21.4 Å². The second-order valence-corrected chi connectivity index (χ2v) is 6.75. The third-order valence-electron chi connectivity index (χ3n) is 3.19. The molecular weight excluding hydrogens is 270 g/mol. The molecule has 1 aliphatic rings. The number of nitro benzene ring substituents is 1. The zero-order valence-electron chi connectivity index (χ0n) is 10.6. The molecule has 0 bridgehead atoms. The fourth-order valence-corrected chi connectivity index (χ4v) is 3.53. The van der Waals surface area contributed by atoms with Gasteiger partial charge in [0.15, 0.2) is 0 Å². The van der Waals surface area contributed by atoms with E-state index in [1.54, 1.807) is 13.8 Å². The Morgan fingerprint density at radius 1 is 1.42 bits per heavy atom. The van der Waals surface area contributed by atoms with Gasteiger partial charge in [0.05, 0.1) is 9.82 Å². The van der Waals surface area contributed by atoms with Gasteiger partial charge in [-0.2, -0.15) is 0 Å². The van der Waals surface area contributed by atoms with Crippen molar-refractivity contribution in [1.82, 2.24) is 4.72 Å². The first kappa shape index (κ1) is 13.8. The molecule has 0 saturated heterocycles. The van der Waals surface area contributed by atoms with Crippen molar-refractivity contribution in [3.8, 4) is 0 Å². The van der Waals surface area contributed by atoms with E-state index in [9.17, 15) is 18.5 Å². The van der Waals surface area contributed by atoms with Crippen LogP contribution in [-0.2, 0) is 10.0 Å². The first-order valence-corrected chi connectivity index (χ1v) is 7.21. The molecule has 1 fully saturated rings. The van der Waals surface area contributed by atoms with E-state index >= 15 is 0 Å². The summed E-state index contributed by atoms with van der Waals surface area (Å²) in [6.45, 7) is 3.36. The Morgan fingerprint density at radius 2 is 2.00 bits per heavy atom. The number of sulfonamides is 1. The van der Waals surface area contributed by atoms with Gasteiger partial charge in [-0.05, 0) is 38.3 Å². The number of nitro groups is 1. The molecular formula is C11H15N3O4S. The number of nitrogens with zero attached hydrogens (tertiary/aromatic N) is 1. The highest BCUT2D eigenvalue weighted by molar-refractivity contribution is 7.89. The van der Waals surface area contributed by atoms with E-state index in [2.05, 4.69) is 4.72 Å². The van der Waals surface area contributed by atoms with Crippen LogP contribution in [0, 0.1) is 17.0 Å². The van der Waals surface area contributed by atoms with E-state index in [0.29, 0.717) is 5.56 Å². The molecule has 1 aromatic carbocycles. The van der Waals surface area contributed by atoms with Crippen LogP contribution in [0.4, 0.5) is 11.4 Å². The van der Waals surface area contributed by atoms with Gasteiger partial charge in [-0.1, -0.05) is 0 Å². The molecule has 1 aromatic rings. The largest absolute Gasteiger partial charge is 0.393 e. The summed E-state index contributed by atoms with van der Waals surface area (Å²) in [7, 11) is -3.77. The number of hydrogen-bond acceptors (Lipinski definition) is 5. The van der Waals surface area contributed by atoms with Crippen molar-refractivity contribution in [3.05, 3.63) is 27.8 Å². The molecule has 0 heterocycles. The molecule has 2 rings (SSSR count). The van der Waals surface area contributed by atoms with Crippen LogP contribution in [0.5, 0.6) is 0 Å². The fraction of sp³-hybridized carbons (Fsp3) is 0.455. The number of benzene rings is 1. The topological polar surface area (TPSA) is 115 Å². The van der Waals surface area contributed by atoms with Crippen molar-refractivity contribution in [3.63, 3.8) is 0 Å². The SMILES string of the molecule is Cc1cc(N)c([N+](=O)[O-])cc1S(=O)(=O)NC1(C)CC1. The van der Waals surface area contributed by atoms with Crippen LogP contribution < -0.4 is 10.5 Å². The summed E-state index contributed by atoms with van der Waals surface area (Å²) in [6, 6.07) is 2.32. The molecule has 0 amide bonds. The first-order valence-electron chi connectivity index (χ1n) is 5.73. The van der Waals surface area contributed by atoms with E-state index < -0.39 is 26.2 Å². The standard InChI is InChI=1S/C11H15N3O4S/c1-7-5-8(12)9(14(15)16)6-10(7)19(17,18)13-11(2)3-4-11/h5-6,13H,3-4,12H2,1-2H3. The average molecular weight is 285 g/mol. The van der Waals surface area contributed by atoms with Crippen molar-refractivity contribution in [2.24, 2.45) is 0 Å². The second kappa shape index (κ2) is 4.17. The van der Waals surface area contributed by atoms with E-state index in [1.165, 1.54) is 6.07 Å². The molecule has 0 atom stereocenters. The van der Waals surface area contributed by atoms with Crippen LogP contribution >= 0.6 is 0 Å². The number of nitrogens with one attached hydrogen (secondary N) is 1. The Hall–Kier alpha value is -1.67. The molecule has 1 saturated carbocycles. The quantitative estimate of drug-likeness (QED) is 0.491. The lowest BCUT2D eigenvalue weighted by Gasteiger charge is -2.14. The molecule has 8 heteroatoms. The van der Waals surface area contributed by atoms with Crippen molar-refractivity contribution in [1.29, 1.82) is 0 Å². The zero-order chi connectivity index (χ0) is 14.4. The molecule has 0 aromatic heterocycles. The predicted octanol–water partition coefficient (Wildman–Crippen LogP) is 1.32. The monoisotopic (exact) mass is 285 g/mol. The fourth-order valence-electron chi connectivity index (χ4n) is 1.82. The molecule has 0 radical (unpaired) electrons. The number of hydrogen-bond donors (Lipinski definition) is 2. The van der Waals surface area contributed by atoms with Gasteiger partial charge in [-0.3, -0.25) is 10.1 Å². The normalized spacial score (nSPS) is 17.2. The highest BCUT2D eigenvalue weighted by atomic mass is 32.2. The van der Waals surface area contributed by atoms with Gasteiger partial charge in [0.25, 0.3) is 5.69 Å². The van der Waals surface area contributed by atoms with Crippen molar-refractivity contribution < 1.29 is 13.3 Å². The summed E-state index contributed by atoms with van der Waals surface area (Å²) in [5, 5.41) is 10.8. The van der Waals surface area contributed by atoms with Crippen molar-refractivity contribution in [2.75, 3.05) is 5.73 Å². The van der Waals surface area contributed by atoms with Gasteiger partial charge in [0.1, 0.15) is 5.69 Å². The van der Waals surface area contributed by atoms with Crippen LogP contribution in [0.2, 0.25) is 0 Å². The van der Waals surface area contributed by atoms with Crippen LogP contribution in [0.15, 0.2) is 17.0 Å². The molecule has 3 N–H and O–H groups in total. The second-order valence-electron chi connectivity index (χ2n) is 5.10. The van der Waals surface area contributed by atoms with E-state index in [4.69, 9.17) is 5.73 Å². The Balaban J connectivity index is 2.49. The third kappa shape index (κ3) is 2.69. The lowest BCUT2D eigenvalue weighted by atomic mass is 10.2. The lowest BCUT2D eigenvalue weighted by molar-refractivity contribution is -0.384. The smallest absolute Gasteiger partial charge is 0.293 e. The first-order chi connectivity index (χ1) is 8.65. The van der Waals surface area contributed by atoms with Crippen LogP contribution in [0.25, 0.3) is 0 Å². The maximum Gasteiger partial charge on any atom is 0.293 e. The summed E-state index contributed by atoms with van der Waals surface area (Å²) in [5.41, 5.74) is 5.04. The van der Waals surface area contributed by atoms with E-state index in [1.807, 2.05) is 0 Å². The van der Waals surface area contributed by atoms with Gasteiger partial charge in [0.2, 0.25) is 10.0 Å². The maximum atomic E-state index is 12.2. The summed E-state index contributed by atoms with van der Waals surface area (Å²) in [6.07, 6.45) is 1.53. The number of nitrogen functional groups attached to an aromatic ring is 1. The zero-order valence-corrected chi connectivity index (χ0v) is 11.5. The Labute approximate surface area is 111 Å². The van der Waals surface area contributed by atoms with Gasteiger partial charge in [-0.25, -0.2) is 13.1 Å². The molecule has 0 unspecified atom stereocenters. The summed E-state index contributed by atoms with van der Waals surface area (Å²) in [4.78, 5) is 10.0. The average Bonchev–Trinajstić information content (AvgIpc) is 2.93. The Morgan fingerprint density at radius 3 is 2.47 bits per heavy atom. The van der Waals surface area contributed by atoms with Gasteiger partial charge >= 0.3 is 0 Å². The van der Waals surface area contributed by atoms with E-state index in [0.717, 1.165) is 18.9 Å². The lowest BCUT2D eigenvalue weighted by Crippen LogP contribution is -2.34. The minimum Gasteiger partial charge on any atom is -0.393 e. The summed E-state index contributed by atoms with van der Waals surface area (Å²) < 4.78 is 27.0. The van der Waals surface area contributed by atoms with Gasteiger partial charge < -0.3 is 5.73 Å². The molecule has 7 nitrogen and oxygen atoms in total. The number of aryl methyl sites for hydroxylation is 1. The highest BCUT2D eigenvalue weighted by Crippen LogP contribution is 2.37. The number of nitrogens with two attached hydrogens (primary N) is 1. The summed E-state index contributed by atoms with van der Waals surface area (Å²) in [5.74, 6) is 0. The minimum absolute atomic E-state index is 0.0425. The Bertz CT molecular complexity index is 650.